The highest BCUT2D eigenvalue weighted by atomic mass is 16.5. The molecular formula is C19H21N3O2. The number of ether oxygens (including phenoxy) is 1. The monoisotopic (exact) mass is 323 g/mol. The first-order valence-corrected chi connectivity index (χ1v) is 8.37. The smallest absolute Gasteiger partial charge is 0.235 e. The van der Waals surface area contributed by atoms with E-state index in [1.165, 1.54) is 6.42 Å². The highest BCUT2D eigenvalue weighted by Gasteiger charge is 2.20. The van der Waals surface area contributed by atoms with Gasteiger partial charge in [-0.3, -0.25) is 0 Å². The lowest BCUT2D eigenvalue weighted by Gasteiger charge is -2.25. The Labute approximate surface area is 142 Å². The van der Waals surface area contributed by atoms with Crippen molar-refractivity contribution >= 4 is 18.0 Å². The van der Waals surface area contributed by atoms with Gasteiger partial charge in [0.2, 0.25) is 17.5 Å². The van der Waals surface area contributed by atoms with Gasteiger partial charge in [-0.15, -0.1) is 0 Å². The summed E-state index contributed by atoms with van der Waals surface area (Å²) in [6, 6.07) is 9.94. The Balaban J connectivity index is 1.75. The number of aromatic nitrogens is 1. The minimum atomic E-state index is 0.364. The number of anilines is 1. The van der Waals surface area contributed by atoms with E-state index in [2.05, 4.69) is 16.0 Å². The molecule has 1 fully saturated rings. The van der Waals surface area contributed by atoms with Gasteiger partial charge < -0.3 is 14.1 Å². The van der Waals surface area contributed by atoms with Gasteiger partial charge in [0.25, 0.3) is 0 Å². The zero-order chi connectivity index (χ0) is 16.8. The van der Waals surface area contributed by atoms with E-state index in [-0.39, 0.29) is 0 Å². The maximum absolute atomic E-state index is 9.29. The topological polar surface area (TPSA) is 62.3 Å². The van der Waals surface area contributed by atoms with Gasteiger partial charge in [-0.05, 0) is 50.0 Å². The van der Waals surface area contributed by atoms with Crippen molar-refractivity contribution in [2.24, 2.45) is 0 Å². The van der Waals surface area contributed by atoms with Crippen LogP contribution in [0.15, 0.2) is 28.7 Å². The molecule has 3 rings (SSSR count). The summed E-state index contributed by atoms with van der Waals surface area (Å²) in [5.41, 5.74) is 1.39. The second-order valence-electron chi connectivity index (χ2n) is 5.70. The van der Waals surface area contributed by atoms with Crippen LogP contribution in [-0.4, -0.2) is 24.7 Å². The Kier molecular flexibility index (Phi) is 5.17. The van der Waals surface area contributed by atoms with Gasteiger partial charge in [-0.25, -0.2) is 0 Å². The van der Waals surface area contributed by atoms with E-state index in [4.69, 9.17) is 9.15 Å². The third-order valence-electron chi connectivity index (χ3n) is 3.98. The van der Waals surface area contributed by atoms with E-state index in [1.807, 2.05) is 37.3 Å². The second-order valence-corrected chi connectivity index (χ2v) is 5.70. The summed E-state index contributed by atoms with van der Waals surface area (Å²) in [5.74, 6) is 1.91. The zero-order valence-electron chi connectivity index (χ0n) is 13.9. The number of benzene rings is 1. The molecule has 1 aromatic heterocycles. The minimum absolute atomic E-state index is 0.364. The van der Waals surface area contributed by atoms with Crippen molar-refractivity contribution < 1.29 is 9.15 Å². The number of piperidine rings is 1. The Bertz CT molecular complexity index is 735. The SMILES string of the molecule is CCOc1ccc(/C=C/c2nc(C#N)c(N3CCCCC3)o2)cc1. The number of hydrogen-bond acceptors (Lipinski definition) is 5. The van der Waals surface area contributed by atoms with Crippen LogP contribution in [0.2, 0.25) is 0 Å². The molecule has 0 aliphatic carbocycles. The van der Waals surface area contributed by atoms with Gasteiger partial charge in [0.1, 0.15) is 11.8 Å². The van der Waals surface area contributed by atoms with E-state index in [9.17, 15) is 5.26 Å². The highest BCUT2D eigenvalue weighted by Crippen LogP contribution is 2.26. The van der Waals surface area contributed by atoms with Crippen LogP contribution >= 0.6 is 0 Å². The van der Waals surface area contributed by atoms with Gasteiger partial charge in [0.15, 0.2) is 0 Å². The fourth-order valence-corrected chi connectivity index (χ4v) is 2.79. The molecular weight excluding hydrogens is 302 g/mol. The van der Waals surface area contributed by atoms with E-state index in [0.29, 0.717) is 24.1 Å². The summed E-state index contributed by atoms with van der Waals surface area (Å²) in [6.45, 7) is 4.46. The van der Waals surface area contributed by atoms with E-state index >= 15 is 0 Å². The Hall–Kier alpha value is -2.74. The molecule has 0 radical (unpaired) electrons. The van der Waals surface area contributed by atoms with E-state index in [1.54, 1.807) is 6.08 Å². The van der Waals surface area contributed by atoms with Crippen LogP contribution in [0.1, 0.15) is 43.3 Å². The van der Waals surface area contributed by atoms with Crippen molar-refractivity contribution in [1.82, 2.24) is 4.98 Å². The molecule has 0 spiro atoms. The quantitative estimate of drug-likeness (QED) is 0.828. The van der Waals surface area contributed by atoms with Crippen molar-refractivity contribution in [3.63, 3.8) is 0 Å². The Morgan fingerprint density at radius 3 is 2.62 bits per heavy atom. The van der Waals surface area contributed by atoms with Gasteiger partial charge in [0.05, 0.1) is 6.61 Å². The molecule has 0 atom stereocenters. The first-order valence-electron chi connectivity index (χ1n) is 8.37. The zero-order valence-corrected chi connectivity index (χ0v) is 13.9. The molecule has 1 saturated heterocycles. The number of nitrogens with zero attached hydrogens (tertiary/aromatic N) is 3. The Morgan fingerprint density at radius 2 is 1.96 bits per heavy atom. The molecule has 24 heavy (non-hydrogen) atoms. The molecule has 0 unspecified atom stereocenters. The van der Waals surface area contributed by atoms with E-state index in [0.717, 1.165) is 37.2 Å². The predicted molar refractivity (Wildman–Crippen MR) is 93.8 cm³/mol. The number of rotatable bonds is 5. The first kappa shape index (κ1) is 16.1. The highest BCUT2D eigenvalue weighted by molar-refractivity contribution is 5.67. The molecule has 1 aromatic carbocycles. The molecule has 0 amide bonds. The molecule has 0 bridgehead atoms. The average Bonchev–Trinajstić information content (AvgIpc) is 3.05. The summed E-state index contributed by atoms with van der Waals surface area (Å²) in [4.78, 5) is 6.40. The standard InChI is InChI=1S/C19H21N3O2/c1-2-23-16-9-6-15(7-10-16)8-11-18-21-17(14-20)19(24-18)22-12-4-3-5-13-22/h6-11H,2-5,12-13H2,1H3/b11-8+. The molecule has 2 heterocycles. The minimum Gasteiger partial charge on any atom is -0.494 e. The molecule has 1 aliphatic heterocycles. The fraction of sp³-hybridized carbons (Fsp3) is 0.368. The van der Waals surface area contributed by atoms with Crippen molar-refractivity contribution in [3.8, 4) is 11.8 Å². The summed E-state index contributed by atoms with van der Waals surface area (Å²) in [6.07, 6.45) is 7.20. The van der Waals surface area contributed by atoms with Crippen LogP contribution < -0.4 is 9.64 Å². The third-order valence-corrected chi connectivity index (χ3v) is 3.98. The molecule has 2 aromatic rings. The van der Waals surface area contributed by atoms with Crippen molar-refractivity contribution in [2.45, 2.75) is 26.2 Å². The van der Waals surface area contributed by atoms with Crippen LogP contribution in [0, 0.1) is 11.3 Å². The first-order chi connectivity index (χ1) is 11.8. The lowest BCUT2D eigenvalue weighted by atomic mass is 10.1. The predicted octanol–water partition coefficient (Wildman–Crippen LogP) is 4.11. The summed E-state index contributed by atoms with van der Waals surface area (Å²) < 4.78 is 11.2. The van der Waals surface area contributed by atoms with Gasteiger partial charge in [0, 0.05) is 19.2 Å². The molecule has 5 heteroatoms. The number of hydrogen-bond donors (Lipinski definition) is 0. The van der Waals surface area contributed by atoms with Crippen LogP contribution in [0.4, 0.5) is 5.88 Å². The average molecular weight is 323 g/mol. The van der Waals surface area contributed by atoms with E-state index < -0.39 is 0 Å². The number of oxazole rings is 1. The summed E-state index contributed by atoms with van der Waals surface area (Å²) in [5, 5.41) is 9.29. The number of nitriles is 1. The van der Waals surface area contributed by atoms with Crippen LogP contribution in [0.25, 0.3) is 12.2 Å². The van der Waals surface area contributed by atoms with Gasteiger partial charge in [-0.1, -0.05) is 12.1 Å². The lowest BCUT2D eigenvalue weighted by molar-refractivity contribution is 0.340. The van der Waals surface area contributed by atoms with Crippen molar-refractivity contribution in [3.05, 3.63) is 41.4 Å². The largest absolute Gasteiger partial charge is 0.494 e. The fourth-order valence-electron chi connectivity index (χ4n) is 2.79. The Morgan fingerprint density at radius 1 is 1.21 bits per heavy atom. The van der Waals surface area contributed by atoms with Crippen molar-refractivity contribution in [2.75, 3.05) is 24.6 Å². The molecule has 5 nitrogen and oxygen atoms in total. The second kappa shape index (κ2) is 7.69. The molecule has 0 N–H and O–H groups in total. The summed E-state index contributed by atoms with van der Waals surface area (Å²) in [7, 11) is 0. The normalized spacial score (nSPS) is 14.8. The van der Waals surface area contributed by atoms with Crippen LogP contribution in [0.3, 0.4) is 0 Å². The lowest BCUT2D eigenvalue weighted by Crippen LogP contribution is -2.29. The molecule has 1 aliphatic rings. The van der Waals surface area contributed by atoms with Gasteiger partial charge >= 0.3 is 0 Å². The third kappa shape index (κ3) is 3.77. The van der Waals surface area contributed by atoms with Gasteiger partial charge in [-0.2, -0.15) is 10.2 Å². The maximum atomic E-state index is 9.29. The van der Waals surface area contributed by atoms with Crippen LogP contribution in [0.5, 0.6) is 5.75 Å². The summed E-state index contributed by atoms with van der Waals surface area (Å²) >= 11 is 0. The molecule has 0 saturated carbocycles. The van der Waals surface area contributed by atoms with Crippen LogP contribution in [-0.2, 0) is 0 Å². The molecule has 124 valence electrons. The maximum Gasteiger partial charge on any atom is 0.235 e. The van der Waals surface area contributed by atoms with Crippen molar-refractivity contribution in [1.29, 1.82) is 5.26 Å².